The minimum Gasteiger partial charge on any atom is -0.0146 e. The molecule has 4 rings (SSSR count). The standard InChI is InChI=1S/C12H8P/c1-2-10-4-3-9(1)13(10)11-5-6-12(13)8-7-11/h1-8H/q+1. The van der Waals surface area contributed by atoms with Crippen molar-refractivity contribution in [2.75, 3.05) is 0 Å². The van der Waals surface area contributed by atoms with Crippen LogP contribution in [0.5, 0.6) is 0 Å². The van der Waals surface area contributed by atoms with Gasteiger partial charge in [0.05, 0.1) is 0 Å². The molecule has 0 aliphatic carbocycles. The van der Waals surface area contributed by atoms with Gasteiger partial charge in [-0.2, -0.15) is 0 Å². The first-order chi connectivity index (χ1) is 6.42. The second kappa shape index (κ2) is 1.71. The SMILES string of the molecule is C1=CC2=CC=C1[P+]21C2=CC=C1C=C2. The molecule has 4 heterocycles. The van der Waals surface area contributed by atoms with Crippen LogP contribution in [0.15, 0.2) is 69.9 Å². The van der Waals surface area contributed by atoms with Gasteiger partial charge in [-0.05, 0) is 48.6 Å². The summed E-state index contributed by atoms with van der Waals surface area (Å²) >= 11 is 0. The maximum Gasteiger partial charge on any atom is 0.144 e. The fraction of sp³-hybridized carbons (Fsp3) is 0. The van der Waals surface area contributed by atoms with Gasteiger partial charge in [0.2, 0.25) is 0 Å². The predicted molar refractivity (Wildman–Crippen MR) is 57.5 cm³/mol. The van der Waals surface area contributed by atoms with Crippen LogP contribution in [0.4, 0.5) is 0 Å². The minimum absolute atomic E-state index is 1.12. The molecular formula is C12H8P+. The average molecular weight is 183 g/mol. The van der Waals surface area contributed by atoms with E-state index < -0.39 is 7.26 Å². The van der Waals surface area contributed by atoms with Gasteiger partial charge >= 0.3 is 0 Å². The zero-order valence-corrected chi connectivity index (χ0v) is 7.96. The van der Waals surface area contributed by atoms with Crippen LogP contribution in [-0.4, -0.2) is 0 Å². The van der Waals surface area contributed by atoms with E-state index in [1.54, 1.807) is 21.3 Å². The Morgan fingerprint density at radius 3 is 1.08 bits per heavy atom. The van der Waals surface area contributed by atoms with Gasteiger partial charge in [-0.1, -0.05) is 0 Å². The van der Waals surface area contributed by atoms with Crippen LogP contribution in [0.3, 0.4) is 0 Å². The summed E-state index contributed by atoms with van der Waals surface area (Å²) < 4.78 is 0. The Morgan fingerprint density at radius 1 is 0.538 bits per heavy atom. The molecule has 1 heteroatoms. The van der Waals surface area contributed by atoms with E-state index in [4.69, 9.17) is 0 Å². The monoisotopic (exact) mass is 183 g/mol. The number of rotatable bonds is 0. The van der Waals surface area contributed by atoms with Crippen molar-refractivity contribution in [3.8, 4) is 0 Å². The fourth-order valence-corrected chi connectivity index (χ4v) is 6.87. The van der Waals surface area contributed by atoms with Gasteiger partial charge < -0.3 is 0 Å². The Morgan fingerprint density at radius 2 is 0.846 bits per heavy atom. The second-order valence-electron chi connectivity index (χ2n) is 3.70. The Balaban J connectivity index is 2.13. The van der Waals surface area contributed by atoms with Crippen molar-refractivity contribution in [3.63, 3.8) is 0 Å². The molecule has 0 nitrogen and oxygen atoms in total. The molecule has 0 fully saturated rings. The lowest BCUT2D eigenvalue weighted by atomic mass is 10.3. The average Bonchev–Trinajstić information content (AvgIpc) is 2.92. The lowest BCUT2D eigenvalue weighted by Crippen LogP contribution is -1.85. The van der Waals surface area contributed by atoms with Crippen molar-refractivity contribution in [2.24, 2.45) is 0 Å². The van der Waals surface area contributed by atoms with Gasteiger partial charge in [0.25, 0.3) is 0 Å². The maximum atomic E-state index is 2.29. The van der Waals surface area contributed by atoms with E-state index in [-0.39, 0.29) is 0 Å². The lowest BCUT2D eigenvalue weighted by molar-refractivity contribution is 1.81. The third-order valence-electron chi connectivity index (χ3n) is 3.25. The summed E-state index contributed by atoms with van der Waals surface area (Å²) in [6.45, 7) is 0. The summed E-state index contributed by atoms with van der Waals surface area (Å²) in [7, 11) is -1.12. The van der Waals surface area contributed by atoms with Crippen molar-refractivity contribution in [2.45, 2.75) is 0 Å². The normalized spacial score (nSPS) is 28.3. The topological polar surface area (TPSA) is 0 Å². The summed E-state index contributed by atoms with van der Waals surface area (Å²) in [5, 5.41) is 6.23. The molecule has 1 spiro atoms. The van der Waals surface area contributed by atoms with E-state index in [2.05, 4.69) is 48.6 Å². The Labute approximate surface area is 77.7 Å². The molecule has 0 saturated carbocycles. The van der Waals surface area contributed by atoms with Crippen LogP contribution in [0.1, 0.15) is 0 Å². The van der Waals surface area contributed by atoms with Crippen molar-refractivity contribution >= 4 is 7.26 Å². The van der Waals surface area contributed by atoms with Crippen LogP contribution in [-0.2, 0) is 0 Å². The highest BCUT2D eigenvalue weighted by Gasteiger charge is 2.59. The van der Waals surface area contributed by atoms with E-state index in [1.165, 1.54) is 0 Å². The molecule has 0 atom stereocenters. The van der Waals surface area contributed by atoms with Gasteiger partial charge in [-0.3, -0.25) is 0 Å². The highest BCUT2D eigenvalue weighted by molar-refractivity contribution is 7.92. The minimum atomic E-state index is -1.12. The summed E-state index contributed by atoms with van der Waals surface area (Å²) in [5.41, 5.74) is 0. The summed E-state index contributed by atoms with van der Waals surface area (Å²) in [6.07, 6.45) is 18.4. The molecule has 4 aliphatic heterocycles. The highest BCUT2D eigenvalue weighted by atomic mass is 31.2. The number of hydrogen-bond acceptors (Lipinski definition) is 0. The molecule has 0 saturated heterocycles. The van der Waals surface area contributed by atoms with Crippen molar-refractivity contribution in [1.82, 2.24) is 0 Å². The first-order valence-corrected chi connectivity index (χ1v) is 6.33. The molecule has 0 aromatic carbocycles. The molecule has 0 aromatic rings. The molecule has 13 heavy (non-hydrogen) atoms. The molecule has 4 bridgehead atoms. The first kappa shape index (κ1) is 6.34. The Bertz CT molecular complexity index is 412. The summed E-state index contributed by atoms with van der Waals surface area (Å²) in [6, 6.07) is 0. The van der Waals surface area contributed by atoms with Crippen molar-refractivity contribution in [1.29, 1.82) is 0 Å². The molecule has 0 radical (unpaired) electrons. The van der Waals surface area contributed by atoms with Crippen LogP contribution < -0.4 is 0 Å². The van der Waals surface area contributed by atoms with Crippen LogP contribution in [0.2, 0.25) is 0 Å². The van der Waals surface area contributed by atoms with Crippen LogP contribution >= 0.6 is 7.26 Å². The molecule has 0 N–H and O–H groups in total. The van der Waals surface area contributed by atoms with E-state index in [0.29, 0.717) is 0 Å². The lowest BCUT2D eigenvalue weighted by Gasteiger charge is -2.15. The second-order valence-corrected chi connectivity index (χ2v) is 7.11. The van der Waals surface area contributed by atoms with Gasteiger partial charge in [0.15, 0.2) is 0 Å². The van der Waals surface area contributed by atoms with Gasteiger partial charge in [-0.25, -0.2) is 0 Å². The molecule has 60 valence electrons. The molecular weight excluding hydrogens is 175 g/mol. The fourth-order valence-electron chi connectivity index (χ4n) is 2.69. The van der Waals surface area contributed by atoms with Crippen LogP contribution in [0, 0.1) is 0 Å². The van der Waals surface area contributed by atoms with E-state index in [1.807, 2.05) is 0 Å². The van der Waals surface area contributed by atoms with Crippen LogP contribution in [0.25, 0.3) is 0 Å². The molecule has 0 aromatic heterocycles. The highest BCUT2D eigenvalue weighted by Crippen LogP contribution is 2.90. The first-order valence-electron chi connectivity index (χ1n) is 4.54. The van der Waals surface area contributed by atoms with E-state index in [9.17, 15) is 0 Å². The van der Waals surface area contributed by atoms with E-state index in [0.717, 1.165) is 0 Å². The van der Waals surface area contributed by atoms with Gasteiger partial charge in [0.1, 0.15) is 28.5 Å². The van der Waals surface area contributed by atoms with Crippen molar-refractivity contribution < 1.29 is 0 Å². The Hall–Kier alpha value is -1.13. The van der Waals surface area contributed by atoms with Crippen molar-refractivity contribution in [3.05, 3.63) is 69.9 Å². The predicted octanol–water partition coefficient (Wildman–Crippen LogP) is 3.71. The molecule has 0 amide bonds. The third-order valence-corrected chi connectivity index (χ3v) is 7.54. The van der Waals surface area contributed by atoms with E-state index >= 15 is 0 Å². The largest absolute Gasteiger partial charge is 0.144 e. The van der Waals surface area contributed by atoms with Gasteiger partial charge in [-0.15, -0.1) is 0 Å². The third kappa shape index (κ3) is 0.465. The van der Waals surface area contributed by atoms with Gasteiger partial charge in [0, 0.05) is 0 Å². The zero-order chi connectivity index (χ0) is 8.47. The molecule has 4 aliphatic rings. The quantitative estimate of drug-likeness (QED) is 0.502. The number of hydrogen-bond donors (Lipinski definition) is 0. The maximum absolute atomic E-state index is 2.29. The summed E-state index contributed by atoms with van der Waals surface area (Å²) in [4.78, 5) is 0. The number of allylic oxidation sites excluding steroid dienone is 12. The summed E-state index contributed by atoms with van der Waals surface area (Å²) in [5.74, 6) is 0. The molecule has 0 unspecified atom stereocenters. The Kier molecular flexibility index (Phi) is 0.835. The zero-order valence-electron chi connectivity index (χ0n) is 7.07. The smallest absolute Gasteiger partial charge is 0.0146 e.